The maximum atomic E-state index is 13.5. The van der Waals surface area contributed by atoms with Crippen molar-refractivity contribution in [3.05, 3.63) is 28.3 Å². The number of ketones is 2. The van der Waals surface area contributed by atoms with E-state index in [4.69, 9.17) is 40.0 Å². The summed E-state index contributed by atoms with van der Waals surface area (Å²) in [6, 6.07) is 3.19. The number of carbonyl (C=O) groups excluding carboxylic acids is 2. The molecule has 1 heterocycles. The van der Waals surface area contributed by atoms with Crippen LogP contribution >= 0.6 is 11.6 Å². The molecule has 1 saturated heterocycles. The van der Waals surface area contributed by atoms with E-state index >= 15 is 0 Å². The van der Waals surface area contributed by atoms with E-state index in [9.17, 15) is 14.7 Å². The smallest absolute Gasteiger partial charge is 0.174 e. The van der Waals surface area contributed by atoms with Crippen molar-refractivity contribution < 1.29 is 43.1 Å². The van der Waals surface area contributed by atoms with Crippen LogP contribution in [0.25, 0.3) is 10.8 Å². The van der Waals surface area contributed by atoms with E-state index in [1.807, 2.05) is 0 Å². The molecule has 0 aliphatic carbocycles. The lowest BCUT2D eigenvalue weighted by molar-refractivity contribution is -0.169. The minimum absolute atomic E-state index is 0.0394. The summed E-state index contributed by atoms with van der Waals surface area (Å²) in [5.41, 5.74) is -1.07. The van der Waals surface area contributed by atoms with Gasteiger partial charge in [-0.05, 0) is 39.3 Å². The highest BCUT2D eigenvalue weighted by Gasteiger charge is 2.52. The summed E-state index contributed by atoms with van der Waals surface area (Å²) in [4.78, 5) is 26.8. The molecule has 0 spiro atoms. The monoisotopic (exact) mass is 510 g/mol. The van der Waals surface area contributed by atoms with Gasteiger partial charge in [0.2, 0.25) is 0 Å². The molecule has 2 aromatic rings. The van der Waals surface area contributed by atoms with Crippen molar-refractivity contribution in [3.63, 3.8) is 0 Å². The second-order valence-electron chi connectivity index (χ2n) is 8.92. The number of phenolic OH excluding ortho intramolecular Hbond substituents is 1. The molecule has 1 aliphatic heterocycles. The van der Waals surface area contributed by atoms with E-state index in [2.05, 4.69) is 0 Å². The highest BCUT2D eigenvalue weighted by molar-refractivity contribution is 6.34. The Hall–Kier alpha value is -2.43. The maximum absolute atomic E-state index is 13.5. The van der Waals surface area contributed by atoms with Gasteiger partial charge in [-0.2, -0.15) is 0 Å². The average Bonchev–Trinajstić information content (AvgIpc) is 3.00. The predicted octanol–water partition coefficient (Wildman–Crippen LogP) is 4.41. The summed E-state index contributed by atoms with van der Waals surface area (Å²) in [6.07, 6.45) is -1.10. The molecule has 9 nitrogen and oxygen atoms in total. The number of hydrogen-bond donors (Lipinski definition) is 1. The summed E-state index contributed by atoms with van der Waals surface area (Å²) in [5.74, 6) is -1.93. The fourth-order valence-corrected chi connectivity index (χ4v) is 4.67. The molecule has 1 fully saturated rings. The van der Waals surface area contributed by atoms with Crippen molar-refractivity contribution in [2.75, 3.05) is 28.1 Å². The Morgan fingerprint density at radius 2 is 1.83 bits per heavy atom. The lowest BCUT2D eigenvalue weighted by atomic mass is 9.88. The number of halogens is 1. The Labute approximate surface area is 209 Å². The maximum Gasteiger partial charge on any atom is 0.174 e. The van der Waals surface area contributed by atoms with Gasteiger partial charge < -0.3 is 33.5 Å². The van der Waals surface area contributed by atoms with Gasteiger partial charge >= 0.3 is 0 Å². The van der Waals surface area contributed by atoms with Gasteiger partial charge in [0.05, 0.1) is 49.3 Å². The second kappa shape index (κ2) is 10.3. The summed E-state index contributed by atoms with van der Waals surface area (Å²) in [5, 5.41) is 12.2. The molecule has 0 radical (unpaired) electrons. The van der Waals surface area contributed by atoms with Crippen molar-refractivity contribution in [1.82, 2.24) is 0 Å². The SMILES string of the molecule is COCOCc1cc2c(OC)cc(Cl)c(OC)c2c(O)c1C(=O)CC(=O)[C@@]1(C)OC(C)(C)O[C@@H]1C. The first-order valence-corrected chi connectivity index (χ1v) is 11.4. The number of benzene rings is 2. The highest BCUT2D eigenvalue weighted by Crippen LogP contribution is 2.47. The van der Waals surface area contributed by atoms with Crippen LogP contribution in [0.4, 0.5) is 0 Å². The second-order valence-corrected chi connectivity index (χ2v) is 9.33. The third-order valence-corrected chi connectivity index (χ3v) is 6.36. The Morgan fingerprint density at radius 1 is 1.14 bits per heavy atom. The van der Waals surface area contributed by atoms with Gasteiger partial charge in [-0.3, -0.25) is 9.59 Å². The number of hydrogen-bond acceptors (Lipinski definition) is 9. The third-order valence-electron chi connectivity index (χ3n) is 6.08. The fraction of sp³-hybridized carbons (Fsp3) is 0.520. The molecule has 1 aliphatic rings. The Kier molecular flexibility index (Phi) is 7.98. The van der Waals surface area contributed by atoms with Crippen LogP contribution in [-0.2, 0) is 30.3 Å². The fourth-order valence-electron chi connectivity index (χ4n) is 4.40. The molecule has 35 heavy (non-hydrogen) atoms. The Balaban J connectivity index is 2.13. The minimum Gasteiger partial charge on any atom is -0.506 e. The lowest BCUT2D eigenvalue weighted by Gasteiger charge is -2.26. The summed E-state index contributed by atoms with van der Waals surface area (Å²) in [6.45, 7) is 6.61. The van der Waals surface area contributed by atoms with Gasteiger partial charge in [0, 0.05) is 18.6 Å². The molecular weight excluding hydrogens is 480 g/mol. The van der Waals surface area contributed by atoms with E-state index in [0.717, 1.165) is 0 Å². The highest BCUT2D eigenvalue weighted by atomic mass is 35.5. The van der Waals surface area contributed by atoms with Crippen molar-refractivity contribution in [1.29, 1.82) is 0 Å². The number of Topliss-reactive ketones (excluding diaryl/α,β-unsaturated/α-hetero) is 2. The van der Waals surface area contributed by atoms with Crippen molar-refractivity contribution in [3.8, 4) is 17.2 Å². The molecule has 10 heteroatoms. The topological polar surface area (TPSA) is 110 Å². The van der Waals surface area contributed by atoms with Gasteiger partial charge in [-0.15, -0.1) is 0 Å². The standard InChI is InChI=1S/C25H31ClO9/c1-13-25(4,35-24(2,3)34-13)19(28)10-17(27)20-14(11-33-12-30-5)8-15-18(31-6)9-16(26)23(32-7)21(15)22(20)29/h8-9,13,29H,10-12H2,1-7H3/t13-,25+/m1/s1. The quantitative estimate of drug-likeness (QED) is 0.215. The molecule has 0 bridgehead atoms. The van der Waals surface area contributed by atoms with E-state index in [-0.39, 0.29) is 35.1 Å². The van der Waals surface area contributed by atoms with Gasteiger partial charge in [0.15, 0.2) is 23.0 Å². The van der Waals surface area contributed by atoms with Crippen LogP contribution < -0.4 is 9.47 Å². The van der Waals surface area contributed by atoms with Crippen LogP contribution in [0.5, 0.6) is 17.2 Å². The number of phenols is 1. The largest absolute Gasteiger partial charge is 0.506 e. The summed E-state index contributed by atoms with van der Waals surface area (Å²) >= 11 is 6.34. The molecule has 2 aromatic carbocycles. The average molecular weight is 511 g/mol. The molecule has 192 valence electrons. The first-order chi connectivity index (χ1) is 16.4. The molecule has 2 atom stereocenters. The Morgan fingerprint density at radius 3 is 2.37 bits per heavy atom. The first-order valence-electron chi connectivity index (χ1n) is 11.0. The van der Waals surface area contributed by atoms with Crippen LogP contribution in [0.2, 0.25) is 5.02 Å². The van der Waals surface area contributed by atoms with Crippen LogP contribution in [0.3, 0.4) is 0 Å². The first kappa shape index (κ1) is 27.2. The predicted molar refractivity (Wildman–Crippen MR) is 128 cm³/mol. The third kappa shape index (κ3) is 5.10. The van der Waals surface area contributed by atoms with Gasteiger partial charge in [-0.25, -0.2) is 0 Å². The van der Waals surface area contributed by atoms with Gasteiger partial charge in [-0.1, -0.05) is 11.6 Å². The zero-order valence-corrected chi connectivity index (χ0v) is 21.7. The number of rotatable bonds is 10. The van der Waals surface area contributed by atoms with Crippen molar-refractivity contribution in [2.24, 2.45) is 0 Å². The molecule has 0 saturated carbocycles. The molecule has 1 N–H and O–H groups in total. The van der Waals surface area contributed by atoms with E-state index in [1.54, 1.807) is 39.8 Å². The molecule has 0 amide bonds. The van der Waals surface area contributed by atoms with Crippen molar-refractivity contribution >= 4 is 33.9 Å². The van der Waals surface area contributed by atoms with Crippen molar-refractivity contribution in [2.45, 2.75) is 58.2 Å². The number of ether oxygens (including phenoxy) is 6. The van der Waals surface area contributed by atoms with Gasteiger partial charge in [0.25, 0.3) is 0 Å². The van der Waals surface area contributed by atoms with E-state index in [0.29, 0.717) is 16.7 Å². The summed E-state index contributed by atoms with van der Waals surface area (Å²) in [7, 11) is 4.32. The number of methoxy groups -OCH3 is 3. The van der Waals surface area contributed by atoms with Crippen LogP contribution in [-0.4, -0.2) is 62.3 Å². The minimum atomic E-state index is -1.33. The number of carbonyl (C=O) groups is 2. The molecular formula is C25H31ClO9. The normalized spacial score (nSPS) is 21.3. The van der Waals surface area contributed by atoms with Crippen LogP contribution in [0.1, 0.15) is 50.0 Å². The van der Waals surface area contributed by atoms with Crippen LogP contribution in [0, 0.1) is 0 Å². The molecule has 0 unspecified atom stereocenters. The van der Waals surface area contributed by atoms with E-state index in [1.165, 1.54) is 21.3 Å². The number of aromatic hydroxyl groups is 1. The lowest BCUT2D eigenvalue weighted by Crippen LogP contribution is -2.44. The number of fused-ring (bicyclic) bond motifs is 1. The molecule has 3 rings (SSSR count). The van der Waals surface area contributed by atoms with E-state index < -0.39 is 41.2 Å². The van der Waals surface area contributed by atoms with Crippen LogP contribution in [0.15, 0.2) is 12.1 Å². The summed E-state index contributed by atoms with van der Waals surface area (Å²) < 4.78 is 32.8. The zero-order valence-electron chi connectivity index (χ0n) is 20.9. The Bertz CT molecular complexity index is 1140. The molecule has 0 aromatic heterocycles. The van der Waals surface area contributed by atoms with Gasteiger partial charge in [0.1, 0.15) is 24.0 Å². The zero-order chi connectivity index (χ0) is 26.1.